The summed E-state index contributed by atoms with van der Waals surface area (Å²) in [5.41, 5.74) is 1.18. The van der Waals surface area contributed by atoms with Crippen LogP contribution in [-0.2, 0) is 6.42 Å². The third-order valence-corrected chi connectivity index (χ3v) is 4.49. The molecule has 0 aromatic heterocycles. The molecule has 0 amide bonds. The van der Waals surface area contributed by atoms with E-state index in [0.29, 0.717) is 12.1 Å². The Morgan fingerprint density at radius 3 is 2.09 bits per heavy atom. The smallest absolute Gasteiger partial charge is 0.191 e. The standard InChI is InChI=1S/C17H25N3O2.HI/c1-21-13-9-12(10-14(11-13)22-2)7-8-18-17-19-15-5-3-4-6-16(15)20-17;/h9-11,15-16H,3-8H2,1-2H3,(H2,18,19,20);1H. The zero-order chi connectivity index (χ0) is 15.4. The van der Waals surface area contributed by atoms with Gasteiger partial charge >= 0.3 is 0 Å². The summed E-state index contributed by atoms with van der Waals surface area (Å²) in [5, 5.41) is 7.03. The molecular weight excluding hydrogens is 405 g/mol. The van der Waals surface area contributed by atoms with Gasteiger partial charge in [-0.2, -0.15) is 0 Å². The van der Waals surface area contributed by atoms with Crippen LogP contribution in [0.25, 0.3) is 0 Å². The van der Waals surface area contributed by atoms with Gasteiger partial charge in [0, 0.05) is 24.7 Å². The van der Waals surface area contributed by atoms with Crippen LogP contribution in [0.1, 0.15) is 31.2 Å². The number of fused-ring (bicyclic) bond motifs is 1. The Hall–Kier alpha value is -1.18. The van der Waals surface area contributed by atoms with Crippen molar-refractivity contribution in [2.24, 2.45) is 4.99 Å². The molecular formula is C17H26IN3O2. The van der Waals surface area contributed by atoms with Gasteiger partial charge in [0.15, 0.2) is 5.96 Å². The van der Waals surface area contributed by atoms with Gasteiger partial charge in [-0.3, -0.25) is 4.99 Å². The van der Waals surface area contributed by atoms with E-state index in [1.807, 2.05) is 18.2 Å². The van der Waals surface area contributed by atoms with E-state index >= 15 is 0 Å². The van der Waals surface area contributed by atoms with E-state index in [0.717, 1.165) is 30.4 Å². The number of rotatable bonds is 5. The van der Waals surface area contributed by atoms with Crippen molar-refractivity contribution in [3.63, 3.8) is 0 Å². The topological polar surface area (TPSA) is 54.9 Å². The maximum Gasteiger partial charge on any atom is 0.191 e. The largest absolute Gasteiger partial charge is 0.497 e. The number of hydrogen-bond acceptors (Lipinski definition) is 3. The fourth-order valence-corrected chi connectivity index (χ4v) is 3.27. The summed E-state index contributed by atoms with van der Waals surface area (Å²) in [6.07, 6.45) is 6.03. The first-order chi connectivity index (χ1) is 10.8. The maximum absolute atomic E-state index is 5.30. The second-order valence-corrected chi connectivity index (χ2v) is 5.99. The molecule has 1 heterocycles. The van der Waals surface area contributed by atoms with Crippen LogP contribution >= 0.6 is 24.0 Å². The van der Waals surface area contributed by atoms with Gasteiger partial charge in [0.25, 0.3) is 0 Å². The molecule has 0 bridgehead atoms. The Balaban J connectivity index is 0.00000192. The van der Waals surface area contributed by atoms with E-state index < -0.39 is 0 Å². The first kappa shape index (κ1) is 18.2. The molecule has 3 rings (SSSR count). The third kappa shape index (κ3) is 4.65. The lowest BCUT2D eigenvalue weighted by molar-refractivity contribution is 0.374. The summed E-state index contributed by atoms with van der Waals surface area (Å²) in [5.74, 6) is 2.61. The first-order valence-electron chi connectivity index (χ1n) is 8.08. The fraction of sp³-hybridized carbons (Fsp3) is 0.588. The molecule has 6 heteroatoms. The molecule has 1 aliphatic heterocycles. The molecule has 1 aliphatic carbocycles. The number of nitrogens with one attached hydrogen (secondary N) is 2. The molecule has 2 aliphatic rings. The van der Waals surface area contributed by atoms with Crippen molar-refractivity contribution in [3.05, 3.63) is 23.8 Å². The van der Waals surface area contributed by atoms with Crippen LogP contribution in [0.5, 0.6) is 11.5 Å². The Morgan fingerprint density at radius 2 is 1.57 bits per heavy atom. The Labute approximate surface area is 155 Å². The highest BCUT2D eigenvalue weighted by molar-refractivity contribution is 14.0. The number of nitrogens with zero attached hydrogens (tertiary/aromatic N) is 1. The van der Waals surface area contributed by atoms with Gasteiger partial charge in [0.2, 0.25) is 0 Å². The highest BCUT2D eigenvalue weighted by atomic mass is 127. The van der Waals surface area contributed by atoms with Crippen LogP contribution in [0.15, 0.2) is 23.2 Å². The monoisotopic (exact) mass is 431 g/mol. The van der Waals surface area contributed by atoms with E-state index in [2.05, 4.69) is 15.6 Å². The van der Waals surface area contributed by atoms with Crippen LogP contribution in [0, 0.1) is 0 Å². The van der Waals surface area contributed by atoms with Crippen molar-refractivity contribution < 1.29 is 9.47 Å². The van der Waals surface area contributed by atoms with E-state index in [4.69, 9.17) is 9.47 Å². The molecule has 23 heavy (non-hydrogen) atoms. The average molecular weight is 431 g/mol. The van der Waals surface area contributed by atoms with Crippen molar-refractivity contribution in [2.75, 3.05) is 20.8 Å². The Bertz CT molecular complexity index is 512. The first-order valence-corrected chi connectivity index (χ1v) is 8.08. The van der Waals surface area contributed by atoms with Gasteiger partial charge in [-0.15, -0.1) is 24.0 Å². The molecule has 5 nitrogen and oxygen atoms in total. The number of aliphatic imine (C=N–C) groups is 1. The lowest BCUT2D eigenvalue weighted by atomic mass is 9.92. The van der Waals surface area contributed by atoms with Gasteiger partial charge in [-0.1, -0.05) is 12.8 Å². The number of methoxy groups -OCH3 is 2. The van der Waals surface area contributed by atoms with E-state index in [1.54, 1.807) is 14.2 Å². The third-order valence-electron chi connectivity index (χ3n) is 4.49. The van der Waals surface area contributed by atoms with Crippen LogP contribution in [0.2, 0.25) is 0 Å². The molecule has 0 radical (unpaired) electrons. The minimum atomic E-state index is 0. The summed E-state index contributed by atoms with van der Waals surface area (Å²) < 4.78 is 10.6. The lowest BCUT2D eigenvalue weighted by Gasteiger charge is -2.23. The minimum Gasteiger partial charge on any atom is -0.497 e. The lowest BCUT2D eigenvalue weighted by Crippen LogP contribution is -2.36. The zero-order valence-electron chi connectivity index (χ0n) is 13.8. The summed E-state index contributed by atoms with van der Waals surface area (Å²) in [7, 11) is 3.35. The number of halogens is 1. The molecule has 1 saturated carbocycles. The molecule has 0 spiro atoms. The van der Waals surface area contributed by atoms with Crippen molar-refractivity contribution >= 4 is 29.9 Å². The molecule has 2 fully saturated rings. The maximum atomic E-state index is 5.30. The zero-order valence-corrected chi connectivity index (χ0v) is 16.1. The highest BCUT2D eigenvalue weighted by Gasteiger charge is 2.31. The molecule has 2 unspecified atom stereocenters. The number of hydrogen-bond donors (Lipinski definition) is 2. The second kappa shape index (κ2) is 8.61. The van der Waals surface area contributed by atoms with Gasteiger partial charge in [-0.25, -0.2) is 0 Å². The molecule has 1 aromatic carbocycles. The summed E-state index contributed by atoms with van der Waals surface area (Å²) in [6, 6.07) is 7.12. The summed E-state index contributed by atoms with van der Waals surface area (Å²) in [6.45, 7) is 0.755. The van der Waals surface area contributed by atoms with E-state index in [1.165, 1.54) is 31.2 Å². The van der Waals surface area contributed by atoms with Crippen LogP contribution in [0.4, 0.5) is 0 Å². The van der Waals surface area contributed by atoms with Crippen molar-refractivity contribution in [1.82, 2.24) is 10.6 Å². The highest BCUT2D eigenvalue weighted by Crippen LogP contribution is 2.23. The molecule has 128 valence electrons. The minimum absolute atomic E-state index is 0. The van der Waals surface area contributed by atoms with E-state index in [-0.39, 0.29) is 24.0 Å². The predicted molar refractivity (Wildman–Crippen MR) is 103 cm³/mol. The predicted octanol–water partition coefficient (Wildman–Crippen LogP) is 2.72. The van der Waals surface area contributed by atoms with Gasteiger partial charge in [-0.05, 0) is 37.0 Å². The Morgan fingerprint density at radius 1 is 1.00 bits per heavy atom. The summed E-state index contributed by atoms with van der Waals surface area (Å²) >= 11 is 0. The van der Waals surface area contributed by atoms with Crippen molar-refractivity contribution in [3.8, 4) is 11.5 Å². The van der Waals surface area contributed by atoms with Crippen LogP contribution in [-0.4, -0.2) is 38.8 Å². The average Bonchev–Trinajstić information content (AvgIpc) is 2.97. The molecule has 1 aromatic rings. The molecule has 2 atom stereocenters. The van der Waals surface area contributed by atoms with Gasteiger partial charge in [0.1, 0.15) is 11.5 Å². The number of guanidine groups is 1. The number of ether oxygens (including phenoxy) is 2. The normalized spacial score (nSPS) is 22.3. The van der Waals surface area contributed by atoms with Crippen molar-refractivity contribution in [2.45, 2.75) is 44.2 Å². The van der Waals surface area contributed by atoms with Crippen molar-refractivity contribution in [1.29, 1.82) is 0 Å². The number of benzene rings is 1. The Kier molecular flexibility index (Phi) is 6.80. The SMILES string of the molecule is COc1cc(CCN=C2NC3CCCCC3N2)cc(OC)c1.I. The van der Waals surface area contributed by atoms with Crippen LogP contribution in [0.3, 0.4) is 0 Å². The summed E-state index contributed by atoms with van der Waals surface area (Å²) in [4.78, 5) is 4.67. The molecule has 2 N–H and O–H groups in total. The van der Waals surface area contributed by atoms with Gasteiger partial charge in [0.05, 0.1) is 14.2 Å². The van der Waals surface area contributed by atoms with E-state index in [9.17, 15) is 0 Å². The van der Waals surface area contributed by atoms with Gasteiger partial charge < -0.3 is 20.1 Å². The van der Waals surface area contributed by atoms with Crippen LogP contribution < -0.4 is 20.1 Å². The second-order valence-electron chi connectivity index (χ2n) is 5.99. The quantitative estimate of drug-likeness (QED) is 0.705. The fourth-order valence-electron chi connectivity index (χ4n) is 3.27. The molecule has 1 saturated heterocycles.